The molecular weight excluding hydrogens is 372 g/mol. The Labute approximate surface area is 158 Å². The van der Waals surface area contributed by atoms with E-state index in [2.05, 4.69) is 5.32 Å². The van der Waals surface area contributed by atoms with Gasteiger partial charge in [-0.1, -0.05) is 35.9 Å². The van der Waals surface area contributed by atoms with Crippen LogP contribution in [0.4, 0.5) is 11.4 Å². The molecule has 1 aliphatic rings. The van der Waals surface area contributed by atoms with E-state index < -0.39 is 9.84 Å². The van der Waals surface area contributed by atoms with Crippen molar-refractivity contribution in [3.63, 3.8) is 0 Å². The summed E-state index contributed by atoms with van der Waals surface area (Å²) in [5, 5.41) is 3.61. The van der Waals surface area contributed by atoms with Crippen molar-refractivity contribution >= 4 is 38.7 Å². The van der Waals surface area contributed by atoms with Crippen molar-refractivity contribution in [2.45, 2.75) is 19.4 Å². The van der Waals surface area contributed by atoms with Crippen LogP contribution in [0.15, 0.2) is 48.5 Å². The normalized spacial score (nSPS) is 18.5. The standard InChI is InChI=1S/C19H21ClN2O3S/c1-14-7-8-18(17(20)11-14)21-12-19(23)22(15-5-3-2-4-6-15)16-9-10-26(24,25)13-16/h2-8,11,16,21H,9-10,12-13H2,1H3/t16-/m1/s1. The minimum absolute atomic E-state index is 0.00107. The van der Waals surface area contributed by atoms with Gasteiger partial charge in [0.2, 0.25) is 5.91 Å². The number of rotatable bonds is 5. The Morgan fingerprint density at radius 1 is 1.23 bits per heavy atom. The van der Waals surface area contributed by atoms with E-state index in [-0.39, 0.29) is 30.0 Å². The van der Waals surface area contributed by atoms with Gasteiger partial charge in [-0.05, 0) is 43.2 Å². The summed E-state index contributed by atoms with van der Waals surface area (Å²) in [6.45, 7) is 1.98. The molecule has 0 radical (unpaired) electrons. The van der Waals surface area contributed by atoms with Crippen LogP contribution in [0.25, 0.3) is 0 Å². The van der Waals surface area contributed by atoms with Gasteiger partial charge < -0.3 is 10.2 Å². The molecule has 1 fully saturated rings. The fraction of sp³-hybridized carbons (Fsp3) is 0.316. The van der Waals surface area contributed by atoms with Crippen LogP contribution in [-0.2, 0) is 14.6 Å². The lowest BCUT2D eigenvalue weighted by atomic mass is 10.1. The highest BCUT2D eigenvalue weighted by Gasteiger charge is 2.35. The van der Waals surface area contributed by atoms with Crippen LogP contribution >= 0.6 is 11.6 Å². The van der Waals surface area contributed by atoms with Crippen LogP contribution in [0.5, 0.6) is 0 Å². The average molecular weight is 393 g/mol. The molecule has 0 aromatic heterocycles. The molecule has 2 aromatic rings. The SMILES string of the molecule is Cc1ccc(NCC(=O)N(c2ccccc2)[C@@H]2CCS(=O)(=O)C2)c(Cl)c1. The first-order chi connectivity index (χ1) is 12.4. The quantitative estimate of drug-likeness (QED) is 0.847. The molecule has 1 heterocycles. The molecule has 138 valence electrons. The van der Waals surface area contributed by atoms with Gasteiger partial charge in [-0.3, -0.25) is 4.79 Å². The molecule has 0 unspecified atom stereocenters. The molecular formula is C19H21ClN2O3S. The van der Waals surface area contributed by atoms with Gasteiger partial charge in [0.1, 0.15) is 0 Å². The molecule has 1 saturated heterocycles. The predicted octanol–water partition coefficient (Wildman–Crippen LogP) is 3.28. The number of halogens is 1. The van der Waals surface area contributed by atoms with Gasteiger partial charge >= 0.3 is 0 Å². The summed E-state index contributed by atoms with van der Waals surface area (Å²) in [6, 6.07) is 14.4. The van der Waals surface area contributed by atoms with Crippen LogP contribution in [0.3, 0.4) is 0 Å². The van der Waals surface area contributed by atoms with Gasteiger partial charge in [-0.2, -0.15) is 0 Å². The van der Waals surface area contributed by atoms with E-state index in [4.69, 9.17) is 11.6 Å². The van der Waals surface area contributed by atoms with Gasteiger partial charge in [0.15, 0.2) is 9.84 Å². The Bertz CT molecular complexity index is 900. The summed E-state index contributed by atoms with van der Waals surface area (Å²) >= 11 is 6.21. The highest BCUT2D eigenvalue weighted by molar-refractivity contribution is 7.91. The summed E-state index contributed by atoms with van der Waals surface area (Å²) in [4.78, 5) is 14.5. The van der Waals surface area contributed by atoms with Gasteiger partial charge in [-0.15, -0.1) is 0 Å². The van der Waals surface area contributed by atoms with Gasteiger partial charge in [0.05, 0.1) is 34.8 Å². The molecule has 1 atom stereocenters. The van der Waals surface area contributed by atoms with Crippen LogP contribution in [-0.4, -0.2) is 38.4 Å². The third kappa shape index (κ3) is 4.37. The van der Waals surface area contributed by atoms with Crippen molar-refractivity contribution in [2.24, 2.45) is 0 Å². The number of anilines is 2. The zero-order chi connectivity index (χ0) is 18.7. The molecule has 0 saturated carbocycles. The molecule has 1 aliphatic heterocycles. The molecule has 0 bridgehead atoms. The number of sulfone groups is 1. The maximum Gasteiger partial charge on any atom is 0.246 e. The number of nitrogens with zero attached hydrogens (tertiary/aromatic N) is 1. The molecule has 3 rings (SSSR count). The lowest BCUT2D eigenvalue weighted by molar-refractivity contribution is -0.117. The first-order valence-electron chi connectivity index (χ1n) is 8.43. The topological polar surface area (TPSA) is 66.5 Å². The molecule has 26 heavy (non-hydrogen) atoms. The van der Waals surface area contributed by atoms with Crippen LogP contribution in [0.2, 0.25) is 5.02 Å². The lowest BCUT2D eigenvalue weighted by Gasteiger charge is -2.28. The zero-order valence-electron chi connectivity index (χ0n) is 14.5. The number of nitrogens with one attached hydrogen (secondary N) is 1. The Morgan fingerprint density at radius 2 is 1.96 bits per heavy atom. The van der Waals surface area contributed by atoms with Crippen molar-refractivity contribution in [2.75, 3.05) is 28.3 Å². The Kier molecular flexibility index (Phi) is 5.53. The molecule has 2 aromatic carbocycles. The number of benzene rings is 2. The lowest BCUT2D eigenvalue weighted by Crippen LogP contribution is -2.44. The monoisotopic (exact) mass is 392 g/mol. The maximum absolute atomic E-state index is 12.9. The van der Waals surface area contributed by atoms with E-state index in [1.165, 1.54) is 0 Å². The Balaban J connectivity index is 1.79. The van der Waals surface area contributed by atoms with E-state index in [9.17, 15) is 13.2 Å². The van der Waals surface area contributed by atoms with Gasteiger partial charge in [0.25, 0.3) is 0 Å². The summed E-state index contributed by atoms with van der Waals surface area (Å²) in [7, 11) is -3.10. The predicted molar refractivity (Wildman–Crippen MR) is 106 cm³/mol. The number of aryl methyl sites for hydroxylation is 1. The van der Waals surface area contributed by atoms with E-state index in [1.54, 1.807) is 4.90 Å². The second kappa shape index (κ2) is 7.68. The smallest absolute Gasteiger partial charge is 0.246 e. The first kappa shape index (κ1) is 18.7. The van der Waals surface area contributed by atoms with E-state index in [0.29, 0.717) is 22.8 Å². The third-order valence-corrected chi connectivity index (χ3v) is 6.49. The van der Waals surface area contributed by atoms with Crippen LogP contribution in [0, 0.1) is 6.92 Å². The van der Waals surface area contributed by atoms with Crippen molar-refractivity contribution < 1.29 is 13.2 Å². The van der Waals surface area contributed by atoms with Crippen LogP contribution in [0.1, 0.15) is 12.0 Å². The molecule has 1 N–H and O–H groups in total. The Hall–Kier alpha value is -2.05. The first-order valence-corrected chi connectivity index (χ1v) is 10.6. The number of para-hydroxylation sites is 1. The third-order valence-electron chi connectivity index (χ3n) is 4.43. The van der Waals surface area contributed by atoms with E-state index in [1.807, 2.05) is 55.5 Å². The van der Waals surface area contributed by atoms with Crippen LogP contribution < -0.4 is 10.2 Å². The Morgan fingerprint density at radius 3 is 2.58 bits per heavy atom. The number of amides is 1. The highest BCUT2D eigenvalue weighted by atomic mass is 35.5. The van der Waals surface area contributed by atoms with Gasteiger partial charge in [-0.25, -0.2) is 8.42 Å². The van der Waals surface area contributed by atoms with E-state index in [0.717, 1.165) is 5.56 Å². The summed E-state index contributed by atoms with van der Waals surface area (Å²) < 4.78 is 23.8. The second-order valence-electron chi connectivity index (χ2n) is 6.49. The highest BCUT2D eigenvalue weighted by Crippen LogP contribution is 2.26. The number of hydrogen-bond donors (Lipinski definition) is 1. The number of carbonyl (C=O) groups is 1. The van der Waals surface area contributed by atoms with Crippen molar-refractivity contribution in [3.05, 3.63) is 59.1 Å². The molecule has 5 nitrogen and oxygen atoms in total. The van der Waals surface area contributed by atoms with E-state index >= 15 is 0 Å². The maximum atomic E-state index is 12.9. The number of carbonyl (C=O) groups excluding carboxylic acids is 1. The fourth-order valence-electron chi connectivity index (χ4n) is 3.15. The fourth-order valence-corrected chi connectivity index (χ4v) is 5.15. The molecule has 0 aliphatic carbocycles. The minimum Gasteiger partial charge on any atom is -0.375 e. The zero-order valence-corrected chi connectivity index (χ0v) is 16.1. The summed E-state index contributed by atoms with van der Waals surface area (Å²) in [6.07, 6.45) is 0.453. The molecule has 1 amide bonds. The van der Waals surface area contributed by atoms with Crippen molar-refractivity contribution in [1.29, 1.82) is 0 Å². The largest absolute Gasteiger partial charge is 0.375 e. The minimum atomic E-state index is -3.10. The molecule has 7 heteroatoms. The number of hydrogen-bond acceptors (Lipinski definition) is 4. The van der Waals surface area contributed by atoms with Crippen molar-refractivity contribution in [1.82, 2.24) is 0 Å². The second-order valence-corrected chi connectivity index (χ2v) is 9.13. The van der Waals surface area contributed by atoms with Gasteiger partial charge in [0, 0.05) is 5.69 Å². The summed E-state index contributed by atoms with van der Waals surface area (Å²) in [5.74, 6) is -0.0697. The summed E-state index contributed by atoms with van der Waals surface area (Å²) in [5.41, 5.74) is 2.42. The van der Waals surface area contributed by atoms with Crippen molar-refractivity contribution in [3.8, 4) is 0 Å². The average Bonchev–Trinajstić information content (AvgIpc) is 2.95. The molecule has 0 spiro atoms.